The zero-order valence-corrected chi connectivity index (χ0v) is 9.49. The molecule has 0 heterocycles. The lowest BCUT2D eigenvalue weighted by molar-refractivity contribution is -0.0429. The van der Waals surface area contributed by atoms with Crippen molar-refractivity contribution in [2.24, 2.45) is 0 Å². The number of hydrogen-bond donors (Lipinski definition) is 0. The van der Waals surface area contributed by atoms with Gasteiger partial charge in [0.2, 0.25) is 0 Å². The molecule has 0 saturated carbocycles. The van der Waals surface area contributed by atoms with Crippen LogP contribution in [0.25, 0.3) is 6.08 Å². The van der Waals surface area contributed by atoms with Gasteiger partial charge in [-0.3, -0.25) is 0 Å². The summed E-state index contributed by atoms with van der Waals surface area (Å²) in [6.07, 6.45) is 1.85. The summed E-state index contributed by atoms with van der Waals surface area (Å²) >= 11 is 0. The molecule has 0 bridgehead atoms. The molecule has 0 aliphatic heterocycles. The summed E-state index contributed by atoms with van der Waals surface area (Å²) in [5.41, 5.74) is 1.14. The maximum absolute atomic E-state index is 5.16. The molecule has 0 aliphatic carbocycles. The van der Waals surface area contributed by atoms with Crippen molar-refractivity contribution < 1.29 is 9.47 Å². The standard InChI is InChI=1S/C11H14O2Si/c1-4-9-7-5-6-8-10(9)14-11(12-2)13-3/h4-8,11H,1H2,2-3H3. The van der Waals surface area contributed by atoms with Crippen molar-refractivity contribution in [3.63, 3.8) is 0 Å². The number of ether oxygens (including phenoxy) is 2. The van der Waals surface area contributed by atoms with Crippen molar-refractivity contribution in [2.45, 2.75) is 5.91 Å². The normalized spacial score (nSPS) is 10.5. The van der Waals surface area contributed by atoms with Gasteiger partial charge in [0.15, 0.2) is 9.52 Å². The highest BCUT2D eigenvalue weighted by Crippen LogP contribution is 1.99. The second-order valence-electron chi connectivity index (χ2n) is 2.74. The van der Waals surface area contributed by atoms with Crippen molar-refractivity contribution in [1.29, 1.82) is 0 Å². The highest BCUT2D eigenvalue weighted by molar-refractivity contribution is 6.55. The van der Waals surface area contributed by atoms with E-state index < -0.39 is 0 Å². The van der Waals surface area contributed by atoms with E-state index in [2.05, 4.69) is 12.6 Å². The average molecular weight is 206 g/mol. The predicted molar refractivity (Wildman–Crippen MR) is 59.7 cm³/mol. The average Bonchev–Trinajstić information content (AvgIpc) is 2.26. The summed E-state index contributed by atoms with van der Waals surface area (Å²) in [5.74, 6) is -0.156. The maximum atomic E-state index is 5.16. The second-order valence-corrected chi connectivity index (χ2v) is 4.04. The van der Waals surface area contributed by atoms with Gasteiger partial charge in [-0.25, -0.2) is 0 Å². The molecule has 0 atom stereocenters. The van der Waals surface area contributed by atoms with Crippen LogP contribution in [-0.2, 0) is 9.47 Å². The zero-order valence-electron chi connectivity index (χ0n) is 8.49. The van der Waals surface area contributed by atoms with Crippen LogP contribution in [0.1, 0.15) is 5.56 Å². The van der Waals surface area contributed by atoms with Crippen molar-refractivity contribution in [3.8, 4) is 0 Å². The summed E-state index contributed by atoms with van der Waals surface area (Å²) in [6.45, 7) is 3.77. The van der Waals surface area contributed by atoms with Crippen LogP contribution in [0.15, 0.2) is 30.8 Å². The van der Waals surface area contributed by atoms with E-state index in [1.165, 1.54) is 5.19 Å². The smallest absolute Gasteiger partial charge is 0.157 e. The predicted octanol–water partition coefficient (Wildman–Crippen LogP) is 1.24. The molecule has 0 spiro atoms. The molecular formula is C11H14O2Si. The van der Waals surface area contributed by atoms with Crippen LogP contribution in [-0.4, -0.2) is 29.7 Å². The van der Waals surface area contributed by atoms with E-state index in [1.807, 2.05) is 24.3 Å². The quantitative estimate of drug-likeness (QED) is 0.533. The first kappa shape index (κ1) is 11.2. The molecule has 0 N–H and O–H groups in total. The van der Waals surface area contributed by atoms with E-state index in [0.29, 0.717) is 9.52 Å². The Kier molecular flexibility index (Phi) is 4.59. The molecular weight excluding hydrogens is 192 g/mol. The van der Waals surface area contributed by atoms with Gasteiger partial charge in [-0.1, -0.05) is 42.1 Å². The minimum absolute atomic E-state index is 0.156. The highest BCUT2D eigenvalue weighted by atomic mass is 28.2. The van der Waals surface area contributed by atoms with E-state index in [4.69, 9.17) is 9.47 Å². The van der Waals surface area contributed by atoms with Crippen molar-refractivity contribution in [2.75, 3.05) is 14.2 Å². The van der Waals surface area contributed by atoms with E-state index in [1.54, 1.807) is 14.2 Å². The molecule has 74 valence electrons. The Labute approximate surface area is 87.4 Å². The fraction of sp³-hybridized carbons (Fsp3) is 0.273. The fourth-order valence-corrected chi connectivity index (χ4v) is 2.18. The van der Waals surface area contributed by atoms with E-state index in [9.17, 15) is 0 Å². The summed E-state index contributed by atoms with van der Waals surface area (Å²) in [5, 5.41) is 1.22. The van der Waals surface area contributed by atoms with Crippen molar-refractivity contribution in [1.82, 2.24) is 0 Å². The van der Waals surface area contributed by atoms with Crippen LogP contribution in [0, 0.1) is 0 Å². The molecule has 2 nitrogen and oxygen atoms in total. The minimum atomic E-state index is -0.156. The lowest BCUT2D eigenvalue weighted by Gasteiger charge is -2.13. The second kappa shape index (κ2) is 5.75. The zero-order chi connectivity index (χ0) is 10.4. The van der Waals surface area contributed by atoms with Gasteiger partial charge >= 0.3 is 0 Å². The minimum Gasteiger partial charge on any atom is -0.360 e. The van der Waals surface area contributed by atoms with Crippen LogP contribution < -0.4 is 5.19 Å². The molecule has 0 unspecified atom stereocenters. The van der Waals surface area contributed by atoms with Crippen LogP contribution in [0.3, 0.4) is 0 Å². The van der Waals surface area contributed by atoms with Crippen molar-refractivity contribution >= 4 is 20.8 Å². The Balaban J connectivity index is 2.79. The van der Waals surface area contributed by atoms with Gasteiger partial charge in [0.1, 0.15) is 5.91 Å². The molecule has 1 aromatic rings. The molecule has 0 fully saturated rings. The Hall–Kier alpha value is -0.903. The van der Waals surface area contributed by atoms with E-state index >= 15 is 0 Å². The number of rotatable bonds is 5. The Morgan fingerprint density at radius 1 is 1.29 bits per heavy atom. The van der Waals surface area contributed by atoms with Gasteiger partial charge in [-0.05, 0) is 5.56 Å². The topological polar surface area (TPSA) is 18.5 Å². The summed E-state index contributed by atoms with van der Waals surface area (Å²) in [4.78, 5) is 0. The van der Waals surface area contributed by atoms with Gasteiger partial charge in [0, 0.05) is 14.2 Å². The van der Waals surface area contributed by atoms with Gasteiger partial charge in [0.25, 0.3) is 0 Å². The fourth-order valence-electron chi connectivity index (χ4n) is 1.15. The third kappa shape index (κ3) is 2.80. The summed E-state index contributed by atoms with van der Waals surface area (Å²) < 4.78 is 10.3. The van der Waals surface area contributed by atoms with Gasteiger partial charge in [-0.15, -0.1) is 0 Å². The lowest BCUT2D eigenvalue weighted by Crippen LogP contribution is -2.32. The maximum Gasteiger partial charge on any atom is 0.157 e. The van der Waals surface area contributed by atoms with Crippen LogP contribution in [0.2, 0.25) is 0 Å². The first-order valence-electron chi connectivity index (χ1n) is 4.35. The number of benzene rings is 1. The molecule has 2 radical (unpaired) electrons. The van der Waals surface area contributed by atoms with Crippen molar-refractivity contribution in [3.05, 3.63) is 36.4 Å². The Bertz CT molecular complexity index is 295. The third-order valence-corrected chi connectivity index (χ3v) is 3.36. The first-order chi connectivity index (χ1) is 6.81. The van der Waals surface area contributed by atoms with Crippen LogP contribution in [0.4, 0.5) is 0 Å². The molecule has 1 rings (SSSR count). The molecule has 0 saturated heterocycles. The van der Waals surface area contributed by atoms with E-state index in [0.717, 1.165) is 5.56 Å². The summed E-state index contributed by atoms with van der Waals surface area (Å²) in [6, 6.07) is 8.12. The largest absolute Gasteiger partial charge is 0.360 e. The van der Waals surface area contributed by atoms with Gasteiger partial charge < -0.3 is 9.47 Å². The van der Waals surface area contributed by atoms with E-state index in [-0.39, 0.29) is 5.91 Å². The lowest BCUT2D eigenvalue weighted by atomic mass is 10.2. The van der Waals surface area contributed by atoms with Gasteiger partial charge in [0.05, 0.1) is 0 Å². The van der Waals surface area contributed by atoms with Crippen LogP contribution >= 0.6 is 0 Å². The molecule has 14 heavy (non-hydrogen) atoms. The molecule has 0 aromatic heterocycles. The Morgan fingerprint density at radius 3 is 2.50 bits per heavy atom. The SMILES string of the molecule is C=Cc1ccccc1[Si]C(OC)OC. The number of methoxy groups -OCH3 is 2. The molecule has 0 aliphatic rings. The van der Waals surface area contributed by atoms with Crippen LogP contribution in [0.5, 0.6) is 0 Å². The summed E-state index contributed by atoms with van der Waals surface area (Å²) in [7, 11) is 3.79. The Morgan fingerprint density at radius 2 is 1.93 bits per heavy atom. The third-order valence-electron chi connectivity index (χ3n) is 1.88. The highest BCUT2D eigenvalue weighted by Gasteiger charge is 2.09. The monoisotopic (exact) mass is 206 g/mol. The molecule has 1 aromatic carbocycles. The molecule has 0 amide bonds. The number of hydrogen-bond acceptors (Lipinski definition) is 2. The van der Waals surface area contributed by atoms with Gasteiger partial charge in [-0.2, -0.15) is 0 Å². The molecule has 3 heteroatoms. The first-order valence-corrected chi connectivity index (χ1v) is 5.43.